The van der Waals surface area contributed by atoms with E-state index in [1.807, 2.05) is 60.7 Å². The van der Waals surface area contributed by atoms with Gasteiger partial charge in [-0.3, -0.25) is 4.79 Å². The number of benzene rings is 2. The Kier molecular flexibility index (Phi) is 6.98. The number of amides is 1. The molecule has 2 N–H and O–H groups in total. The predicted octanol–water partition coefficient (Wildman–Crippen LogP) is 1.68. The highest BCUT2D eigenvalue weighted by Crippen LogP contribution is 2.07. The molecule has 0 aliphatic heterocycles. The maximum atomic E-state index is 12.4. The van der Waals surface area contributed by atoms with E-state index in [2.05, 4.69) is 10.6 Å². The fourth-order valence-corrected chi connectivity index (χ4v) is 2.28. The average molecular weight is 326 g/mol. The fraction of sp³-hybridized carbons (Fsp3) is 0.263. The van der Waals surface area contributed by atoms with Gasteiger partial charge in [0, 0.05) is 6.42 Å². The third-order valence-electron chi connectivity index (χ3n) is 3.46. The molecule has 0 saturated heterocycles. The molecule has 0 aliphatic rings. The highest BCUT2D eigenvalue weighted by molar-refractivity contribution is 5.85. The van der Waals surface area contributed by atoms with Crippen LogP contribution >= 0.6 is 0 Å². The highest BCUT2D eigenvalue weighted by Gasteiger charge is 2.22. The van der Waals surface area contributed by atoms with Crippen LogP contribution < -0.4 is 10.6 Å². The molecular formula is C19H22N2O3. The van der Waals surface area contributed by atoms with Crippen LogP contribution in [0.3, 0.4) is 0 Å². The summed E-state index contributed by atoms with van der Waals surface area (Å²) in [5.74, 6) is -0.678. The summed E-state index contributed by atoms with van der Waals surface area (Å²) in [7, 11) is 1.68. The van der Waals surface area contributed by atoms with Crippen molar-refractivity contribution in [2.45, 2.75) is 19.1 Å². The molecule has 2 aromatic carbocycles. The summed E-state index contributed by atoms with van der Waals surface area (Å²) in [6.45, 7) is 0.337. The lowest BCUT2D eigenvalue weighted by Crippen LogP contribution is -2.46. The molecule has 1 atom stereocenters. The summed E-state index contributed by atoms with van der Waals surface area (Å²) in [6.07, 6.45) is 0.393. The van der Waals surface area contributed by atoms with E-state index >= 15 is 0 Å². The zero-order chi connectivity index (χ0) is 17.2. The zero-order valence-electron chi connectivity index (χ0n) is 13.7. The highest BCUT2D eigenvalue weighted by atomic mass is 16.5. The Labute approximate surface area is 142 Å². The number of esters is 1. The smallest absolute Gasteiger partial charge is 0.329 e. The van der Waals surface area contributed by atoms with Crippen molar-refractivity contribution < 1.29 is 14.3 Å². The Bertz CT molecular complexity index is 644. The number of nitrogens with one attached hydrogen (secondary N) is 2. The Balaban J connectivity index is 2.00. The summed E-state index contributed by atoms with van der Waals surface area (Å²) in [5, 5.41) is 5.50. The summed E-state index contributed by atoms with van der Waals surface area (Å²) < 4.78 is 5.37. The van der Waals surface area contributed by atoms with Gasteiger partial charge in [0.2, 0.25) is 5.91 Å². The van der Waals surface area contributed by atoms with Gasteiger partial charge in [0.25, 0.3) is 0 Å². The van der Waals surface area contributed by atoms with Gasteiger partial charge in [-0.05, 0) is 18.2 Å². The van der Waals surface area contributed by atoms with Gasteiger partial charge in [-0.15, -0.1) is 0 Å². The van der Waals surface area contributed by atoms with Crippen LogP contribution in [-0.4, -0.2) is 31.5 Å². The van der Waals surface area contributed by atoms with Crippen LogP contribution in [0.25, 0.3) is 0 Å². The number of hydrogen-bond donors (Lipinski definition) is 2. The minimum Gasteiger partial charge on any atom is -0.459 e. The Morgan fingerprint density at radius 1 is 0.958 bits per heavy atom. The second kappa shape index (κ2) is 9.47. The number of hydrogen-bond acceptors (Lipinski definition) is 4. The van der Waals surface area contributed by atoms with Gasteiger partial charge >= 0.3 is 5.97 Å². The van der Waals surface area contributed by atoms with Crippen LogP contribution in [0.15, 0.2) is 60.7 Å². The topological polar surface area (TPSA) is 67.4 Å². The van der Waals surface area contributed by atoms with Crippen LogP contribution in [0.2, 0.25) is 0 Å². The predicted molar refractivity (Wildman–Crippen MR) is 92.2 cm³/mol. The first-order valence-electron chi connectivity index (χ1n) is 7.87. The molecule has 0 bridgehead atoms. The molecule has 5 heteroatoms. The second-order valence-corrected chi connectivity index (χ2v) is 5.43. The molecule has 0 heterocycles. The number of ether oxygens (including phenoxy) is 1. The van der Waals surface area contributed by atoms with Crippen molar-refractivity contribution in [3.8, 4) is 0 Å². The molecule has 1 unspecified atom stereocenters. The van der Waals surface area contributed by atoms with Crippen LogP contribution in [-0.2, 0) is 27.4 Å². The molecule has 2 aromatic rings. The Morgan fingerprint density at radius 2 is 1.54 bits per heavy atom. The summed E-state index contributed by atoms with van der Waals surface area (Å²) in [5.41, 5.74) is 1.87. The van der Waals surface area contributed by atoms with Gasteiger partial charge in [0.1, 0.15) is 12.6 Å². The summed E-state index contributed by atoms with van der Waals surface area (Å²) >= 11 is 0. The van der Waals surface area contributed by atoms with E-state index in [0.717, 1.165) is 11.1 Å². The second-order valence-electron chi connectivity index (χ2n) is 5.43. The standard InChI is InChI=1S/C19H22N2O3/c1-20-13-18(22)21-17(12-15-8-4-2-5-9-15)19(23)24-14-16-10-6-3-7-11-16/h2-11,17,20H,12-14H2,1H3,(H,21,22). The van der Waals surface area contributed by atoms with Gasteiger partial charge < -0.3 is 15.4 Å². The van der Waals surface area contributed by atoms with Gasteiger partial charge in [-0.2, -0.15) is 0 Å². The van der Waals surface area contributed by atoms with Gasteiger partial charge in [0.05, 0.1) is 6.54 Å². The molecule has 0 aromatic heterocycles. The lowest BCUT2D eigenvalue weighted by molar-refractivity contribution is -0.149. The normalized spacial score (nSPS) is 11.5. The van der Waals surface area contributed by atoms with Crippen LogP contribution in [0, 0.1) is 0 Å². The van der Waals surface area contributed by atoms with E-state index in [4.69, 9.17) is 4.74 Å². The Morgan fingerprint density at radius 3 is 2.12 bits per heavy atom. The minimum absolute atomic E-state index is 0.150. The molecular weight excluding hydrogens is 304 g/mol. The zero-order valence-corrected chi connectivity index (χ0v) is 13.7. The fourth-order valence-electron chi connectivity index (χ4n) is 2.28. The van der Waals surface area contributed by atoms with Crippen LogP contribution in [0.4, 0.5) is 0 Å². The van der Waals surface area contributed by atoms with Crippen molar-refractivity contribution in [1.82, 2.24) is 10.6 Å². The van der Waals surface area contributed by atoms with Crippen molar-refractivity contribution in [2.75, 3.05) is 13.6 Å². The number of likely N-dealkylation sites (N-methyl/N-ethyl adjacent to an activating group) is 1. The minimum atomic E-state index is -0.711. The van der Waals surface area contributed by atoms with Crippen LogP contribution in [0.1, 0.15) is 11.1 Å². The third-order valence-corrected chi connectivity index (χ3v) is 3.46. The molecule has 0 spiro atoms. The largest absolute Gasteiger partial charge is 0.459 e. The molecule has 0 aliphatic carbocycles. The van der Waals surface area contributed by atoms with Crippen molar-refractivity contribution in [3.63, 3.8) is 0 Å². The molecule has 0 saturated carbocycles. The number of carbonyl (C=O) groups is 2. The summed E-state index contributed by atoms with van der Waals surface area (Å²) in [6, 6.07) is 18.3. The SMILES string of the molecule is CNCC(=O)NC(Cc1ccccc1)C(=O)OCc1ccccc1. The van der Waals surface area contributed by atoms with Crippen molar-refractivity contribution >= 4 is 11.9 Å². The van der Waals surface area contributed by atoms with Gasteiger partial charge in [0.15, 0.2) is 0 Å². The van der Waals surface area contributed by atoms with E-state index in [9.17, 15) is 9.59 Å². The van der Waals surface area contributed by atoms with Gasteiger partial charge in [-0.25, -0.2) is 4.79 Å². The molecule has 2 rings (SSSR count). The first-order chi connectivity index (χ1) is 11.7. The monoisotopic (exact) mass is 326 g/mol. The quantitative estimate of drug-likeness (QED) is 0.724. The van der Waals surface area contributed by atoms with Gasteiger partial charge in [-0.1, -0.05) is 60.7 Å². The molecule has 1 amide bonds. The van der Waals surface area contributed by atoms with Crippen molar-refractivity contribution in [3.05, 3.63) is 71.8 Å². The number of carbonyl (C=O) groups excluding carboxylic acids is 2. The van der Waals surface area contributed by atoms with E-state index < -0.39 is 12.0 Å². The first kappa shape index (κ1) is 17.7. The molecule has 24 heavy (non-hydrogen) atoms. The summed E-state index contributed by atoms with van der Waals surface area (Å²) in [4.78, 5) is 24.2. The third kappa shape index (κ3) is 5.85. The van der Waals surface area contributed by atoms with E-state index in [0.29, 0.717) is 6.42 Å². The maximum Gasteiger partial charge on any atom is 0.329 e. The average Bonchev–Trinajstić information content (AvgIpc) is 2.61. The molecule has 126 valence electrons. The molecule has 0 fully saturated rings. The van der Waals surface area contributed by atoms with Crippen LogP contribution in [0.5, 0.6) is 0 Å². The lowest BCUT2D eigenvalue weighted by atomic mass is 10.1. The van der Waals surface area contributed by atoms with E-state index in [-0.39, 0.29) is 19.1 Å². The maximum absolute atomic E-state index is 12.4. The first-order valence-corrected chi connectivity index (χ1v) is 7.87. The van der Waals surface area contributed by atoms with E-state index in [1.54, 1.807) is 7.05 Å². The lowest BCUT2D eigenvalue weighted by Gasteiger charge is -2.18. The van der Waals surface area contributed by atoms with Crippen molar-refractivity contribution in [1.29, 1.82) is 0 Å². The van der Waals surface area contributed by atoms with Crippen molar-refractivity contribution in [2.24, 2.45) is 0 Å². The Hall–Kier alpha value is -2.66. The number of rotatable bonds is 8. The molecule has 0 radical (unpaired) electrons. The van der Waals surface area contributed by atoms with E-state index in [1.165, 1.54) is 0 Å². The molecule has 5 nitrogen and oxygen atoms in total.